The van der Waals surface area contributed by atoms with Crippen molar-refractivity contribution in [1.82, 2.24) is 5.32 Å². The van der Waals surface area contributed by atoms with E-state index >= 15 is 0 Å². The molecule has 0 aliphatic carbocycles. The third-order valence-electron chi connectivity index (χ3n) is 3.68. The maximum atomic E-state index is 6.21. The number of hydrogen-bond donors (Lipinski definition) is 1. The molecule has 1 N–H and O–H groups in total. The molecule has 0 amide bonds. The van der Waals surface area contributed by atoms with Crippen LogP contribution in [-0.2, 0) is 0 Å². The van der Waals surface area contributed by atoms with Crippen LogP contribution in [0.15, 0.2) is 18.2 Å². The molecule has 1 unspecified atom stereocenters. The number of rotatable bonds is 4. The van der Waals surface area contributed by atoms with Gasteiger partial charge in [-0.25, -0.2) is 0 Å². The van der Waals surface area contributed by atoms with Crippen molar-refractivity contribution in [3.05, 3.63) is 28.8 Å². The van der Waals surface area contributed by atoms with Gasteiger partial charge in [0.2, 0.25) is 0 Å². The molecule has 100 valence electrons. The average Bonchev–Trinajstić information content (AvgIpc) is 2.40. The lowest BCUT2D eigenvalue weighted by Crippen LogP contribution is -2.46. The van der Waals surface area contributed by atoms with Crippen LogP contribution >= 0.6 is 11.6 Å². The van der Waals surface area contributed by atoms with Crippen LogP contribution in [0.5, 0.6) is 0 Å². The highest BCUT2D eigenvalue weighted by atomic mass is 35.5. The molecule has 1 aliphatic rings. The van der Waals surface area contributed by atoms with Crippen molar-refractivity contribution in [3.8, 4) is 0 Å². The summed E-state index contributed by atoms with van der Waals surface area (Å²) in [6, 6.07) is 6.82. The fraction of sp³-hybridized carbons (Fsp3) is 0.600. The number of halogens is 1. The average molecular weight is 267 g/mol. The van der Waals surface area contributed by atoms with Crippen molar-refractivity contribution >= 4 is 17.3 Å². The molecule has 0 aromatic heterocycles. The highest BCUT2D eigenvalue weighted by Crippen LogP contribution is 2.28. The predicted octanol–water partition coefficient (Wildman–Crippen LogP) is 3.62. The number of anilines is 1. The van der Waals surface area contributed by atoms with Gasteiger partial charge < -0.3 is 10.2 Å². The molecular formula is C15H23ClN2. The molecular weight excluding hydrogens is 244 g/mol. The summed E-state index contributed by atoms with van der Waals surface area (Å²) in [4.78, 5) is 2.47. The first-order valence-electron chi connectivity index (χ1n) is 6.95. The first-order chi connectivity index (χ1) is 8.72. The first kappa shape index (κ1) is 13.7. The topological polar surface area (TPSA) is 15.3 Å². The molecule has 1 aromatic carbocycles. The van der Waals surface area contributed by atoms with Crippen molar-refractivity contribution in [2.45, 2.75) is 39.2 Å². The van der Waals surface area contributed by atoms with Gasteiger partial charge in [0.25, 0.3) is 0 Å². The van der Waals surface area contributed by atoms with Gasteiger partial charge in [0.15, 0.2) is 0 Å². The van der Waals surface area contributed by atoms with Gasteiger partial charge in [-0.1, -0.05) is 24.6 Å². The van der Waals surface area contributed by atoms with Crippen molar-refractivity contribution in [2.75, 3.05) is 24.5 Å². The molecule has 3 heteroatoms. The Balaban J connectivity index is 2.06. The van der Waals surface area contributed by atoms with Crippen molar-refractivity contribution in [2.24, 2.45) is 0 Å². The zero-order valence-corrected chi connectivity index (χ0v) is 12.1. The number of hydrogen-bond acceptors (Lipinski definition) is 2. The van der Waals surface area contributed by atoms with E-state index < -0.39 is 0 Å². The molecule has 1 heterocycles. The van der Waals surface area contributed by atoms with Crippen LogP contribution < -0.4 is 10.2 Å². The minimum atomic E-state index is 0.622. The Morgan fingerprint density at radius 3 is 3.06 bits per heavy atom. The van der Waals surface area contributed by atoms with Crippen LogP contribution in [-0.4, -0.2) is 25.7 Å². The molecule has 0 saturated carbocycles. The SMILES string of the molecule is CCCNC1CCCN(c2cccc(Cl)c2C)C1. The van der Waals surface area contributed by atoms with Gasteiger partial charge in [-0.2, -0.15) is 0 Å². The largest absolute Gasteiger partial charge is 0.370 e. The van der Waals surface area contributed by atoms with Crippen molar-refractivity contribution in [1.29, 1.82) is 0 Å². The highest BCUT2D eigenvalue weighted by molar-refractivity contribution is 6.31. The number of benzene rings is 1. The van der Waals surface area contributed by atoms with Crippen LogP contribution in [0, 0.1) is 6.92 Å². The minimum Gasteiger partial charge on any atom is -0.370 e. The van der Waals surface area contributed by atoms with Gasteiger partial charge >= 0.3 is 0 Å². The monoisotopic (exact) mass is 266 g/mol. The third kappa shape index (κ3) is 3.18. The maximum absolute atomic E-state index is 6.21. The number of piperidine rings is 1. The normalized spacial score (nSPS) is 20.2. The Hall–Kier alpha value is -0.730. The molecule has 2 rings (SSSR count). The van der Waals surface area contributed by atoms with Gasteiger partial charge in [0.05, 0.1) is 0 Å². The van der Waals surface area contributed by atoms with Crippen LogP contribution in [0.2, 0.25) is 5.02 Å². The number of nitrogens with zero attached hydrogens (tertiary/aromatic N) is 1. The van der Waals surface area contributed by atoms with E-state index in [2.05, 4.69) is 30.1 Å². The molecule has 1 atom stereocenters. The zero-order valence-electron chi connectivity index (χ0n) is 11.4. The Kier molecular flexibility index (Phi) is 4.90. The predicted molar refractivity (Wildman–Crippen MR) is 79.7 cm³/mol. The second-order valence-corrected chi connectivity index (χ2v) is 5.53. The van der Waals surface area contributed by atoms with E-state index in [1.54, 1.807) is 0 Å². The van der Waals surface area contributed by atoms with E-state index in [0.29, 0.717) is 6.04 Å². The zero-order chi connectivity index (χ0) is 13.0. The lowest BCUT2D eigenvalue weighted by molar-refractivity contribution is 0.423. The van der Waals surface area contributed by atoms with Crippen LogP contribution in [0.25, 0.3) is 0 Å². The van der Waals surface area contributed by atoms with Gasteiger partial charge in [-0.15, -0.1) is 0 Å². The van der Waals surface area contributed by atoms with E-state index in [1.807, 2.05) is 12.1 Å². The summed E-state index contributed by atoms with van der Waals surface area (Å²) in [5, 5.41) is 4.50. The molecule has 1 aliphatic heterocycles. The summed E-state index contributed by atoms with van der Waals surface area (Å²) in [6.45, 7) is 7.69. The van der Waals surface area contributed by atoms with Crippen LogP contribution in [0.3, 0.4) is 0 Å². The first-order valence-corrected chi connectivity index (χ1v) is 7.33. The van der Waals surface area contributed by atoms with E-state index in [1.165, 1.54) is 30.5 Å². The number of nitrogens with one attached hydrogen (secondary N) is 1. The Morgan fingerprint density at radius 1 is 1.44 bits per heavy atom. The fourth-order valence-electron chi connectivity index (χ4n) is 2.65. The second-order valence-electron chi connectivity index (χ2n) is 5.12. The smallest absolute Gasteiger partial charge is 0.0455 e. The van der Waals surface area contributed by atoms with E-state index in [0.717, 1.165) is 24.7 Å². The molecule has 2 nitrogen and oxygen atoms in total. The second kappa shape index (κ2) is 6.44. The summed E-state index contributed by atoms with van der Waals surface area (Å²) in [7, 11) is 0. The third-order valence-corrected chi connectivity index (χ3v) is 4.09. The summed E-state index contributed by atoms with van der Waals surface area (Å²) >= 11 is 6.21. The molecule has 18 heavy (non-hydrogen) atoms. The lowest BCUT2D eigenvalue weighted by Gasteiger charge is -2.36. The van der Waals surface area contributed by atoms with E-state index in [9.17, 15) is 0 Å². The molecule has 0 spiro atoms. The summed E-state index contributed by atoms with van der Waals surface area (Å²) in [6.07, 6.45) is 3.75. The highest BCUT2D eigenvalue weighted by Gasteiger charge is 2.20. The van der Waals surface area contributed by atoms with Gasteiger partial charge in [0, 0.05) is 29.8 Å². The van der Waals surface area contributed by atoms with E-state index in [4.69, 9.17) is 11.6 Å². The minimum absolute atomic E-state index is 0.622. The maximum Gasteiger partial charge on any atom is 0.0455 e. The summed E-state index contributed by atoms with van der Waals surface area (Å²) in [5.41, 5.74) is 2.50. The summed E-state index contributed by atoms with van der Waals surface area (Å²) in [5.74, 6) is 0. The Labute approximate surface area is 115 Å². The Bertz CT molecular complexity index is 392. The van der Waals surface area contributed by atoms with Crippen LogP contribution in [0.4, 0.5) is 5.69 Å². The van der Waals surface area contributed by atoms with Gasteiger partial charge in [-0.05, 0) is 50.4 Å². The lowest BCUT2D eigenvalue weighted by atomic mass is 10.0. The fourth-order valence-corrected chi connectivity index (χ4v) is 2.82. The molecule has 0 radical (unpaired) electrons. The Morgan fingerprint density at radius 2 is 2.28 bits per heavy atom. The molecule has 1 saturated heterocycles. The van der Waals surface area contributed by atoms with Gasteiger partial charge in [0.1, 0.15) is 0 Å². The van der Waals surface area contributed by atoms with Gasteiger partial charge in [-0.3, -0.25) is 0 Å². The molecule has 0 bridgehead atoms. The van der Waals surface area contributed by atoms with Crippen molar-refractivity contribution in [3.63, 3.8) is 0 Å². The van der Waals surface area contributed by atoms with Crippen molar-refractivity contribution < 1.29 is 0 Å². The molecule has 1 aromatic rings. The van der Waals surface area contributed by atoms with Crippen LogP contribution in [0.1, 0.15) is 31.7 Å². The molecule has 1 fully saturated rings. The van der Waals surface area contributed by atoms with E-state index in [-0.39, 0.29) is 0 Å². The summed E-state index contributed by atoms with van der Waals surface area (Å²) < 4.78 is 0. The standard InChI is InChI=1S/C15H23ClN2/c1-3-9-17-13-6-5-10-18(11-13)15-8-4-7-14(16)12(15)2/h4,7-8,13,17H,3,5-6,9-11H2,1-2H3. The quantitative estimate of drug-likeness (QED) is 0.896.